The highest BCUT2D eigenvalue weighted by molar-refractivity contribution is 5.08. The van der Waals surface area contributed by atoms with Crippen LogP contribution in [0.4, 0.5) is 0 Å². The molecule has 0 aliphatic heterocycles. The summed E-state index contributed by atoms with van der Waals surface area (Å²) in [5.41, 5.74) is 0.561. The quantitative estimate of drug-likeness (QED) is 0.871. The van der Waals surface area contributed by atoms with Gasteiger partial charge in [0.15, 0.2) is 0 Å². The first-order valence-electron chi connectivity index (χ1n) is 6.40. The molecule has 0 radical (unpaired) electrons. The number of hydrogen-bond acceptors (Lipinski definition) is 4. The Balaban J connectivity index is 1.95. The van der Waals surface area contributed by atoms with Crippen molar-refractivity contribution in [3.63, 3.8) is 0 Å². The first-order chi connectivity index (χ1) is 8.31. The van der Waals surface area contributed by atoms with Crippen molar-refractivity contribution in [2.24, 2.45) is 5.92 Å². The fraction of sp³-hybridized carbons (Fsp3) is 0.692. The Morgan fingerprint density at radius 3 is 3.06 bits per heavy atom. The fourth-order valence-corrected chi connectivity index (χ4v) is 2.41. The molecule has 0 saturated heterocycles. The first kappa shape index (κ1) is 12.3. The first-order valence-corrected chi connectivity index (χ1v) is 6.40. The standard InChI is InChI=1S/C13H20N2O2/c1-2-10-4-3-5-12(6-10)17-13-8-14-7-11(9-16)15-13/h7-8,10,12,16H,2-6,9H2,1H3. The third-order valence-electron chi connectivity index (χ3n) is 3.42. The van der Waals surface area contributed by atoms with Crippen molar-refractivity contribution >= 4 is 0 Å². The number of aliphatic hydroxyl groups is 1. The maximum atomic E-state index is 8.99. The normalized spacial score (nSPS) is 24.6. The summed E-state index contributed by atoms with van der Waals surface area (Å²) in [5.74, 6) is 1.32. The van der Waals surface area contributed by atoms with Gasteiger partial charge in [0.1, 0.15) is 6.10 Å². The van der Waals surface area contributed by atoms with Gasteiger partial charge in [0.05, 0.1) is 24.7 Å². The van der Waals surface area contributed by atoms with Crippen molar-refractivity contribution in [2.45, 2.75) is 51.7 Å². The van der Waals surface area contributed by atoms with Gasteiger partial charge >= 0.3 is 0 Å². The Bertz CT molecular complexity index is 357. The van der Waals surface area contributed by atoms with Gasteiger partial charge in [-0.05, 0) is 25.2 Å². The van der Waals surface area contributed by atoms with Crippen LogP contribution in [-0.4, -0.2) is 21.2 Å². The summed E-state index contributed by atoms with van der Waals surface area (Å²) in [6.07, 6.45) is 9.43. The van der Waals surface area contributed by atoms with Crippen LogP contribution in [0.2, 0.25) is 0 Å². The summed E-state index contributed by atoms with van der Waals surface area (Å²) >= 11 is 0. The smallest absolute Gasteiger partial charge is 0.232 e. The van der Waals surface area contributed by atoms with Crippen LogP contribution in [0.15, 0.2) is 12.4 Å². The van der Waals surface area contributed by atoms with Crippen molar-refractivity contribution in [1.82, 2.24) is 9.97 Å². The number of rotatable bonds is 4. The molecule has 0 bridgehead atoms. The Morgan fingerprint density at radius 1 is 1.41 bits per heavy atom. The lowest BCUT2D eigenvalue weighted by Crippen LogP contribution is -2.25. The Hall–Kier alpha value is -1.16. The molecule has 0 amide bonds. The molecule has 1 saturated carbocycles. The number of ether oxygens (including phenoxy) is 1. The minimum absolute atomic E-state index is 0.0908. The van der Waals surface area contributed by atoms with Crippen LogP contribution in [0.5, 0.6) is 5.88 Å². The molecular formula is C13H20N2O2. The van der Waals surface area contributed by atoms with Crippen LogP contribution in [-0.2, 0) is 6.61 Å². The molecule has 1 fully saturated rings. The van der Waals surface area contributed by atoms with Crippen LogP contribution in [0.1, 0.15) is 44.7 Å². The highest BCUT2D eigenvalue weighted by atomic mass is 16.5. The molecule has 0 aromatic carbocycles. The average Bonchev–Trinajstić information content (AvgIpc) is 2.39. The monoisotopic (exact) mass is 236 g/mol. The van der Waals surface area contributed by atoms with E-state index in [2.05, 4.69) is 16.9 Å². The zero-order valence-electron chi connectivity index (χ0n) is 10.3. The lowest BCUT2D eigenvalue weighted by Gasteiger charge is -2.28. The topological polar surface area (TPSA) is 55.2 Å². The van der Waals surface area contributed by atoms with Crippen LogP contribution in [0.3, 0.4) is 0 Å². The van der Waals surface area contributed by atoms with E-state index in [0.717, 1.165) is 18.8 Å². The van der Waals surface area contributed by atoms with Gasteiger partial charge in [-0.1, -0.05) is 19.8 Å². The second-order valence-electron chi connectivity index (χ2n) is 4.69. The van der Waals surface area contributed by atoms with Crippen LogP contribution >= 0.6 is 0 Å². The van der Waals surface area contributed by atoms with Crippen LogP contribution in [0, 0.1) is 5.92 Å². The van der Waals surface area contributed by atoms with Crippen LogP contribution < -0.4 is 4.74 Å². The molecule has 4 nitrogen and oxygen atoms in total. The largest absolute Gasteiger partial charge is 0.473 e. The zero-order chi connectivity index (χ0) is 12.1. The van der Waals surface area contributed by atoms with E-state index in [0.29, 0.717) is 11.6 Å². The molecule has 4 heteroatoms. The van der Waals surface area contributed by atoms with Gasteiger partial charge in [-0.2, -0.15) is 0 Å². The summed E-state index contributed by atoms with van der Waals surface area (Å²) in [4.78, 5) is 8.21. The maximum Gasteiger partial charge on any atom is 0.232 e. The molecule has 2 rings (SSSR count). The molecule has 1 aromatic rings. The molecule has 2 unspecified atom stereocenters. The predicted octanol–water partition coefficient (Wildman–Crippen LogP) is 2.32. The summed E-state index contributed by atoms with van der Waals surface area (Å²) < 4.78 is 5.85. The van der Waals surface area contributed by atoms with Crippen molar-refractivity contribution in [1.29, 1.82) is 0 Å². The van der Waals surface area contributed by atoms with Gasteiger partial charge in [-0.3, -0.25) is 4.98 Å². The predicted molar refractivity (Wildman–Crippen MR) is 64.6 cm³/mol. The number of hydrogen-bond donors (Lipinski definition) is 1. The van der Waals surface area contributed by atoms with Gasteiger partial charge in [-0.25, -0.2) is 4.98 Å². The van der Waals surface area contributed by atoms with Crippen molar-refractivity contribution < 1.29 is 9.84 Å². The molecule has 1 N–H and O–H groups in total. The Kier molecular flexibility index (Phi) is 4.31. The van der Waals surface area contributed by atoms with Gasteiger partial charge in [0, 0.05) is 0 Å². The third-order valence-corrected chi connectivity index (χ3v) is 3.42. The van der Waals surface area contributed by atoms with Gasteiger partial charge in [0.2, 0.25) is 5.88 Å². The van der Waals surface area contributed by atoms with E-state index in [1.54, 1.807) is 12.4 Å². The molecule has 94 valence electrons. The molecule has 1 aliphatic carbocycles. The van der Waals surface area contributed by atoms with E-state index in [4.69, 9.17) is 9.84 Å². The second kappa shape index (κ2) is 5.96. The summed E-state index contributed by atoms with van der Waals surface area (Å²) in [7, 11) is 0. The SMILES string of the molecule is CCC1CCCC(Oc2cncc(CO)n2)C1. The lowest BCUT2D eigenvalue weighted by atomic mass is 9.85. The van der Waals surface area contributed by atoms with E-state index in [-0.39, 0.29) is 12.7 Å². The fourth-order valence-electron chi connectivity index (χ4n) is 2.41. The minimum atomic E-state index is -0.0908. The van der Waals surface area contributed by atoms with Crippen LogP contribution in [0.25, 0.3) is 0 Å². The maximum absolute atomic E-state index is 8.99. The van der Waals surface area contributed by atoms with Gasteiger partial charge in [-0.15, -0.1) is 0 Å². The Morgan fingerprint density at radius 2 is 2.29 bits per heavy atom. The van der Waals surface area contributed by atoms with Crippen molar-refractivity contribution in [2.75, 3.05) is 0 Å². The molecular weight excluding hydrogens is 216 g/mol. The van der Waals surface area contributed by atoms with Crippen molar-refractivity contribution in [3.8, 4) is 5.88 Å². The molecule has 1 heterocycles. The van der Waals surface area contributed by atoms with Gasteiger partial charge < -0.3 is 9.84 Å². The van der Waals surface area contributed by atoms with E-state index in [1.165, 1.54) is 19.3 Å². The number of aromatic nitrogens is 2. The minimum Gasteiger partial charge on any atom is -0.473 e. The highest BCUT2D eigenvalue weighted by Crippen LogP contribution is 2.28. The van der Waals surface area contributed by atoms with E-state index in [9.17, 15) is 0 Å². The van der Waals surface area contributed by atoms with E-state index >= 15 is 0 Å². The Labute approximate surface area is 102 Å². The average molecular weight is 236 g/mol. The number of nitrogens with zero attached hydrogens (tertiary/aromatic N) is 2. The molecule has 0 spiro atoms. The zero-order valence-corrected chi connectivity index (χ0v) is 10.3. The molecule has 2 atom stereocenters. The lowest BCUT2D eigenvalue weighted by molar-refractivity contribution is 0.116. The van der Waals surface area contributed by atoms with E-state index < -0.39 is 0 Å². The van der Waals surface area contributed by atoms with Crippen molar-refractivity contribution in [3.05, 3.63) is 18.1 Å². The second-order valence-corrected chi connectivity index (χ2v) is 4.69. The molecule has 17 heavy (non-hydrogen) atoms. The number of aliphatic hydroxyl groups excluding tert-OH is 1. The van der Waals surface area contributed by atoms with E-state index in [1.807, 2.05) is 0 Å². The summed E-state index contributed by atoms with van der Waals surface area (Å²) in [6.45, 7) is 2.14. The van der Waals surface area contributed by atoms with Gasteiger partial charge in [0.25, 0.3) is 0 Å². The summed E-state index contributed by atoms with van der Waals surface area (Å²) in [5, 5.41) is 8.99. The third kappa shape index (κ3) is 3.40. The molecule has 1 aliphatic rings. The summed E-state index contributed by atoms with van der Waals surface area (Å²) in [6, 6.07) is 0. The highest BCUT2D eigenvalue weighted by Gasteiger charge is 2.22. The molecule has 1 aromatic heterocycles.